The minimum atomic E-state index is -0.210. The van der Waals surface area contributed by atoms with Crippen LogP contribution < -0.4 is 0 Å². The smallest absolute Gasteiger partial charge is 0.218 e. The normalized spacial score (nSPS) is 11.7. The molecule has 0 fully saturated rings. The third-order valence-electron chi connectivity index (χ3n) is 3.94. The summed E-state index contributed by atoms with van der Waals surface area (Å²) in [7, 11) is 0. The Hall–Kier alpha value is -2.55. The number of aryl methyl sites for hydroxylation is 1. The van der Waals surface area contributed by atoms with E-state index in [0.29, 0.717) is 0 Å². The highest BCUT2D eigenvalue weighted by Crippen LogP contribution is 2.39. The molecule has 3 rings (SSSR count). The lowest BCUT2D eigenvalue weighted by molar-refractivity contribution is 0.414. The van der Waals surface area contributed by atoms with Crippen molar-refractivity contribution in [1.29, 1.82) is 0 Å². The molecule has 0 aliphatic rings. The zero-order valence-electron chi connectivity index (χ0n) is 14.0. The monoisotopic (exact) mass is 306 g/mol. The van der Waals surface area contributed by atoms with Gasteiger partial charge in [0, 0.05) is 11.1 Å². The van der Waals surface area contributed by atoms with Gasteiger partial charge in [0.2, 0.25) is 5.88 Å². The maximum absolute atomic E-state index is 10.8. The molecule has 1 heterocycles. The third-order valence-corrected chi connectivity index (χ3v) is 3.94. The van der Waals surface area contributed by atoms with Crippen molar-refractivity contribution < 1.29 is 5.11 Å². The van der Waals surface area contributed by atoms with Crippen molar-refractivity contribution in [3.05, 3.63) is 65.7 Å². The molecule has 3 nitrogen and oxygen atoms in total. The van der Waals surface area contributed by atoms with Crippen molar-refractivity contribution in [2.45, 2.75) is 33.1 Å². The summed E-state index contributed by atoms with van der Waals surface area (Å²) >= 11 is 0. The predicted octanol–water partition coefficient (Wildman–Crippen LogP) is 4.85. The molecule has 1 N–H and O–H groups in total. The molecule has 3 aromatic rings. The molecule has 0 saturated heterocycles. The molecule has 0 aliphatic carbocycles. The van der Waals surface area contributed by atoms with Gasteiger partial charge in [-0.05, 0) is 24.5 Å². The number of aromatic hydroxyl groups is 1. The summed E-state index contributed by atoms with van der Waals surface area (Å²) in [6, 6.07) is 18.0. The first kappa shape index (κ1) is 15.3. The molecule has 2 aromatic carbocycles. The Morgan fingerprint density at radius 1 is 0.913 bits per heavy atom. The number of nitrogens with zero attached hydrogens (tertiary/aromatic N) is 2. The van der Waals surface area contributed by atoms with E-state index in [1.54, 1.807) is 4.68 Å². The maximum atomic E-state index is 10.8. The van der Waals surface area contributed by atoms with Crippen molar-refractivity contribution >= 4 is 0 Å². The largest absolute Gasteiger partial charge is 0.493 e. The summed E-state index contributed by atoms with van der Waals surface area (Å²) in [6.07, 6.45) is 0. The molecule has 0 aliphatic heterocycles. The van der Waals surface area contributed by atoms with Crippen LogP contribution in [-0.2, 0) is 5.41 Å². The van der Waals surface area contributed by atoms with Crippen LogP contribution in [0.4, 0.5) is 0 Å². The van der Waals surface area contributed by atoms with Gasteiger partial charge < -0.3 is 5.11 Å². The molecule has 0 radical (unpaired) electrons. The first-order valence-corrected chi connectivity index (χ1v) is 7.83. The topological polar surface area (TPSA) is 38.0 Å². The summed E-state index contributed by atoms with van der Waals surface area (Å²) in [4.78, 5) is 0. The van der Waals surface area contributed by atoms with Crippen LogP contribution in [-0.4, -0.2) is 14.9 Å². The number of hydrogen-bond donors (Lipinski definition) is 1. The van der Waals surface area contributed by atoms with Crippen LogP contribution in [0.15, 0.2) is 54.6 Å². The average molecular weight is 306 g/mol. The molecule has 118 valence electrons. The van der Waals surface area contributed by atoms with E-state index in [1.165, 1.54) is 5.56 Å². The van der Waals surface area contributed by atoms with Crippen LogP contribution in [0.5, 0.6) is 5.88 Å². The predicted molar refractivity (Wildman–Crippen MR) is 94.1 cm³/mol. The molecule has 23 heavy (non-hydrogen) atoms. The standard InChI is InChI=1S/C20H22N2O/c1-14-10-12-16(13-11-14)22-19(23)17(20(2,3)4)18(21-22)15-8-6-5-7-9-15/h5-13,23H,1-4H3. The van der Waals surface area contributed by atoms with Gasteiger partial charge in [0.25, 0.3) is 0 Å². The molecular weight excluding hydrogens is 284 g/mol. The average Bonchev–Trinajstić information content (AvgIpc) is 2.86. The van der Waals surface area contributed by atoms with Gasteiger partial charge in [-0.25, -0.2) is 4.68 Å². The highest BCUT2D eigenvalue weighted by atomic mass is 16.3. The fourth-order valence-corrected chi connectivity index (χ4v) is 2.76. The summed E-state index contributed by atoms with van der Waals surface area (Å²) in [5.41, 5.74) is 4.54. The minimum Gasteiger partial charge on any atom is -0.493 e. The zero-order valence-corrected chi connectivity index (χ0v) is 14.0. The Bertz CT molecular complexity index is 809. The minimum absolute atomic E-state index is 0.209. The Morgan fingerprint density at radius 3 is 2.09 bits per heavy atom. The molecule has 0 amide bonds. The Morgan fingerprint density at radius 2 is 1.52 bits per heavy atom. The summed E-state index contributed by atoms with van der Waals surface area (Å²) in [6.45, 7) is 8.32. The molecular formula is C20H22N2O. The Kier molecular flexibility index (Phi) is 3.72. The van der Waals surface area contributed by atoms with Crippen LogP contribution in [0.3, 0.4) is 0 Å². The van der Waals surface area contributed by atoms with E-state index in [-0.39, 0.29) is 11.3 Å². The molecule has 0 saturated carbocycles. The summed E-state index contributed by atoms with van der Waals surface area (Å²) in [5.74, 6) is 0.209. The van der Waals surface area contributed by atoms with E-state index < -0.39 is 0 Å². The van der Waals surface area contributed by atoms with Crippen LogP contribution in [0.25, 0.3) is 16.9 Å². The molecule has 0 bridgehead atoms. The van der Waals surface area contributed by atoms with Crippen molar-refractivity contribution in [3.63, 3.8) is 0 Å². The SMILES string of the molecule is Cc1ccc(-n2nc(-c3ccccc3)c(C(C)(C)C)c2O)cc1. The lowest BCUT2D eigenvalue weighted by atomic mass is 9.85. The second-order valence-electron chi connectivity index (χ2n) is 6.91. The lowest BCUT2D eigenvalue weighted by Crippen LogP contribution is -2.12. The number of hydrogen-bond acceptors (Lipinski definition) is 2. The quantitative estimate of drug-likeness (QED) is 0.735. The van der Waals surface area contributed by atoms with Crippen molar-refractivity contribution in [1.82, 2.24) is 9.78 Å². The Balaban J connectivity index is 2.24. The van der Waals surface area contributed by atoms with Gasteiger partial charge in [-0.1, -0.05) is 68.8 Å². The summed E-state index contributed by atoms with van der Waals surface area (Å²) in [5, 5.41) is 15.5. The van der Waals surface area contributed by atoms with Gasteiger partial charge in [-0.2, -0.15) is 5.10 Å². The van der Waals surface area contributed by atoms with E-state index in [9.17, 15) is 5.11 Å². The van der Waals surface area contributed by atoms with Gasteiger partial charge in [-0.3, -0.25) is 0 Å². The van der Waals surface area contributed by atoms with Crippen LogP contribution in [0.1, 0.15) is 31.9 Å². The second kappa shape index (κ2) is 5.58. The van der Waals surface area contributed by atoms with Gasteiger partial charge >= 0.3 is 0 Å². The lowest BCUT2D eigenvalue weighted by Gasteiger charge is -2.19. The fraction of sp³-hybridized carbons (Fsp3) is 0.250. The molecule has 0 spiro atoms. The molecule has 1 aromatic heterocycles. The van der Waals surface area contributed by atoms with Crippen LogP contribution >= 0.6 is 0 Å². The van der Waals surface area contributed by atoms with Crippen LogP contribution in [0, 0.1) is 6.92 Å². The summed E-state index contributed by atoms with van der Waals surface area (Å²) < 4.78 is 1.63. The molecule has 0 unspecified atom stereocenters. The second-order valence-corrected chi connectivity index (χ2v) is 6.91. The van der Waals surface area contributed by atoms with Gasteiger partial charge in [0.15, 0.2) is 0 Å². The van der Waals surface area contributed by atoms with E-state index >= 15 is 0 Å². The zero-order chi connectivity index (χ0) is 16.6. The highest BCUT2D eigenvalue weighted by Gasteiger charge is 2.28. The number of aromatic nitrogens is 2. The molecule has 0 atom stereocenters. The number of rotatable bonds is 2. The Labute approximate surface area is 137 Å². The first-order valence-electron chi connectivity index (χ1n) is 7.83. The van der Waals surface area contributed by atoms with Gasteiger partial charge in [0.05, 0.1) is 5.69 Å². The first-order chi connectivity index (χ1) is 10.9. The van der Waals surface area contributed by atoms with E-state index in [2.05, 4.69) is 20.8 Å². The van der Waals surface area contributed by atoms with Crippen LogP contribution in [0.2, 0.25) is 0 Å². The van der Waals surface area contributed by atoms with Gasteiger partial charge in [0.1, 0.15) is 5.69 Å². The third kappa shape index (κ3) is 2.87. The van der Waals surface area contributed by atoms with E-state index in [4.69, 9.17) is 5.10 Å². The van der Waals surface area contributed by atoms with Gasteiger partial charge in [-0.15, -0.1) is 0 Å². The van der Waals surface area contributed by atoms with E-state index in [1.807, 2.05) is 61.5 Å². The van der Waals surface area contributed by atoms with Crippen molar-refractivity contribution in [2.75, 3.05) is 0 Å². The maximum Gasteiger partial charge on any atom is 0.218 e. The van der Waals surface area contributed by atoms with E-state index in [0.717, 1.165) is 22.5 Å². The number of benzene rings is 2. The van der Waals surface area contributed by atoms with Crippen molar-refractivity contribution in [2.24, 2.45) is 0 Å². The molecule has 3 heteroatoms. The fourth-order valence-electron chi connectivity index (χ4n) is 2.76. The van der Waals surface area contributed by atoms with Crippen molar-refractivity contribution in [3.8, 4) is 22.8 Å². The highest BCUT2D eigenvalue weighted by molar-refractivity contribution is 5.68.